The number of nitrogens with one attached hydrogen (secondary N) is 2. The lowest BCUT2D eigenvalue weighted by Gasteiger charge is -2.27. The molecule has 0 amide bonds. The fourth-order valence-electron chi connectivity index (χ4n) is 3.58. The second-order valence-electron chi connectivity index (χ2n) is 6.99. The maximum atomic E-state index is 13.2. The van der Waals surface area contributed by atoms with Crippen LogP contribution in [-0.4, -0.2) is 55.5 Å². The van der Waals surface area contributed by atoms with Crippen LogP contribution in [0.5, 0.6) is 0 Å². The lowest BCUT2D eigenvalue weighted by molar-refractivity contribution is -0.385. The van der Waals surface area contributed by atoms with E-state index in [1.54, 1.807) is 0 Å². The van der Waals surface area contributed by atoms with Gasteiger partial charge in [-0.3, -0.25) is 10.1 Å². The first-order valence-electron chi connectivity index (χ1n) is 9.62. The Morgan fingerprint density at radius 1 is 1.17 bits per heavy atom. The van der Waals surface area contributed by atoms with Crippen molar-refractivity contribution in [1.29, 1.82) is 0 Å². The number of anilines is 1. The van der Waals surface area contributed by atoms with Gasteiger partial charge in [0.25, 0.3) is 5.69 Å². The van der Waals surface area contributed by atoms with Crippen molar-refractivity contribution in [3.8, 4) is 0 Å². The largest absolute Gasteiger partial charge is 0.384 e. The zero-order chi connectivity index (χ0) is 21.1. The number of H-pyrrole nitrogens is 1. The van der Waals surface area contributed by atoms with Crippen molar-refractivity contribution >= 4 is 32.3 Å². The minimum absolute atomic E-state index is 0.0856. The molecule has 2 N–H and O–H groups in total. The summed E-state index contributed by atoms with van der Waals surface area (Å²) in [6, 6.07) is 11.8. The number of fused-ring (bicyclic) bond motifs is 1. The number of ether oxygens (including phenoxy) is 1. The van der Waals surface area contributed by atoms with E-state index in [0.29, 0.717) is 31.9 Å². The van der Waals surface area contributed by atoms with Crippen LogP contribution in [0.3, 0.4) is 0 Å². The van der Waals surface area contributed by atoms with Gasteiger partial charge in [0.2, 0.25) is 10.0 Å². The number of nitro benzene ring substituents is 1. The maximum absolute atomic E-state index is 13.2. The van der Waals surface area contributed by atoms with Gasteiger partial charge in [-0.2, -0.15) is 4.31 Å². The van der Waals surface area contributed by atoms with E-state index in [9.17, 15) is 18.5 Å². The minimum Gasteiger partial charge on any atom is -0.384 e. The number of sulfonamides is 1. The van der Waals surface area contributed by atoms with Crippen LogP contribution in [0.15, 0.2) is 53.6 Å². The summed E-state index contributed by atoms with van der Waals surface area (Å²) < 4.78 is 32.8. The Morgan fingerprint density at radius 3 is 2.70 bits per heavy atom. The monoisotopic (exact) mass is 430 g/mol. The summed E-state index contributed by atoms with van der Waals surface area (Å²) >= 11 is 0. The van der Waals surface area contributed by atoms with Gasteiger partial charge in [0, 0.05) is 48.9 Å². The van der Waals surface area contributed by atoms with Gasteiger partial charge in [-0.05, 0) is 24.1 Å². The van der Waals surface area contributed by atoms with Crippen molar-refractivity contribution < 1.29 is 18.1 Å². The molecule has 10 heteroatoms. The molecule has 1 saturated heterocycles. The summed E-state index contributed by atoms with van der Waals surface area (Å²) in [5.74, 6) is 0. The van der Waals surface area contributed by atoms with Gasteiger partial charge in [-0.1, -0.05) is 18.2 Å². The first-order valence-corrected chi connectivity index (χ1v) is 11.1. The van der Waals surface area contributed by atoms with Crippen molar-refractivity contribution in [2.75, 3.05) is 38.2 Å². The molecule has 9 nitrogen and oxygen atoms in total. The summed E-state index contributed by atoms with van der Waals surface area (Å²) in [7, 11) is -3.89. The molecule has 158 valence electrons. The fraction of sp³-hybridized carbons (Fsp3) is 0.300. The van der Waals surface area contributed by atoms with Gasteiger partial charge in [-0.15, -0.1) is 0 Å². The Bertz CT molecular complexity index is 1170. The average molecular weight is 430 g/mol. The van der Waals surface area contributed by atoms with E-state index in [0.717, 1.165) is 22.5 Å². The second kappa shape index (κ2) is 8.42. The maximum Gasteiger partial charge on any atom is 0.270 e. The molecule has 1 aliphatic rings. The van der Waals surface area contributed by atoms with Gasteiger partial charge < -0.3 is 15.0 Å². The van der Waals surface area contributed by atoms with Crippen LogP contribution in [0.4, 0.5) is 11.4 Å². The summed E-state index contributed by atoms with van der Waals surface area (Å²) in [5, 5.41) is 15.5. The van der Waals surface area contributed by atoms with Crippen molar-refractivity contribution in [2.45, 2.75) is 11.3 Å². The van der Waals surface area contributed by atoms with Crippen molar-refractivity contribution in [3.05, 3.63) is 64.3 Å². The summed E-state index contributed by atoms with van der Waals surface area (Å²) in [5.41, 5.74) is 2.24. The molecule has 1 aromatic heterocycles. The Hall–Kier alpha value is -2.95. The molecule has 1 aliphatic heterocycles. The highest BCUT2D eigenvalue weighted by molar-refractivity contribution is 7.89. The van der Waals surface area contributed by atoms with Gasteiger partial charge in [0.15, 0.2) is 0 Å². The number of nitrogens with zero attached hydrogens (tertiary/aromatic N) is 2. The Labute approximate surface area is 173 Å². The molecule has 0 saturated carbocycles. The third-order valence-electron chi connectivity index (χ3n) is 5.15. The molecule has 4 rings (SSSR count). The van der Waals surface area contributed by atoms with E-state index in [-0.39, 0.29) is 23.7 Å². The molecule has 30 heavy (non-hydrogen) atoms. The van der Waals surface area contributed by atoms with E-state index in [1.807, 2.05) is 30.5 Å². The summed E-state index contributed by atoms with van der Waals surface area (Å²) in [4.78, 5) is 13.8. The molecule has 0 unspecified atom stereocenters. The molecular formula is C20H22N4O5S. The number of non-ortho nitro benzene ring substituents is 1. The molecular weight excluding hydrogens is 408 g/mol. The number of morpholine rings is 1. The average Bonchev–Trinajstić information content (AvgIpc) is 3.17. The molecule has 0 spiro atoms. The summed E-state index contributed by atoms with van der Waals surface area (Å²) in [6.45, 7) is 1.53. The lowest BCUT2D eigenvalue weighted by atomic mass is 10.1. The zero-order valence-electron chi connectivity index (χ0n) is 16.2. The van der Waals surface area contributed by atoms with Crippen LogP contribution in [0, 0.1) is 10.1 Å². The van der Waals surface area contributed by atoms with Crippen molar-refractivity contribution in [1.82, 2.24) is 9.29 Å². The van der Waals surface area contributed by atoms with Crippen molar-refractivity contribution in [2.24, 2.45) is 0 Å². The molecule has 0 radical (unpaired) electrons. The number of aromatic nitrogens is 1. The smallest absolute Gasteiger partial charge is 0.270 e. The van der Waals surface area contributed by atoms with Crippen LogP contribution in [0.25, 0.3) is 10.9 Å². The Morgan fingerprint density at radius 2 is 1.93 bits per heavy atom. The molecule has 0 aliphatic carbocycles. The topological polar surface area (TPSA) is 118 Å². The van der Waals surface area contributed by atoms with Crippen LogP contribution in [-0.2, 0) is 21.2 Å². The Balaban J connectivity index is 1.58. The number of nitro groups is 1. The van der Waals surface area contributed by atoms with Gasteiger partial charge in [0.05, 0.1) is 23.8 Å². The zero-order valence-corrected chi connectivity index (χ0v) is 17.0. The molecule has 3 aromatic rings. The normalized spacial score (nSPS) is 15.3. The predicted molar refractivity (Wildman–Crippen MR) is 113 cm³/mol. The molecule has 1 fully saturated rings. The number of benzene rings is 2. The van der Waals surface area contributed by atoms with E-state index in [2.05, 4.69) is 10.3 Å². The number of rotatable bonds is 7. The highest BCUT2D eigenvalue weighted by atomic mass is 32.2. The van der Waals surface area contributed by atoms with E-state index >= 15 is 0 Å². The third kappa shape index (κ3) is 4.02. The SMILES string of the molecule is O=[N+]([O-])c1ccc(NCCc2c[nH]c3ccccc23)c(S(=O)(=O)N2CCOCC2)c1. The van der Waals surface area contributed by atoms with Crippen LogP contribution in [0.2, 0.25) is 0 Å². The molecule has 0 bridgehead atoms. The van der Waals surface area contributed by atoms with Gasteiger partial charge in [-0.25, -0.2) is 8.42 Å². The van der Waals surface area contributed by atoms with Gasteiger partial charge >= 0.3 is 0 Å². The fourth-order valence-corrected chi connectivity index (χ4v) is 5.18. The Kier molecular flexibility index (Phi) is 5.71. The van der Waals surface area contributed by atoms with E-state index < -0.39 is 14.9 Å². The highest BCUT2D eigenvalue weighted by Gasteiger charge is 2.30. The third-order valence-corrected chi connectivity index (χ3v) is 7.09. The van der Waals surface area contributed by atoms with Crippen LogP contribution in [0.1, 0.15) is 5.56 Å². The summed E-state index contributed by atoms with van der Waals surface area (Å²) in [6.07, 6.45) is 2.60. The number of hydrogen-bond acceptors (Lipinski definition) is 6. The first kappa shape index (κ1) is 20.3. The van der Waals surface area contributed by atoms with E-state index in [4.69, 9.17) is 4.74 Å². The van der Waals surface area contributed by atoms with Gasteiger partial charge in [0.1, 0.15) is 4.90 Å². The van der Waals surface area contributed by atoms with E-state index in [1.165, 1.54) is 16.4 Å². The standard InChI is InChI=1S/C20H22N4O5S/c25-24(26)16-5-6-19(20(13-16)30(27,28)23-9-11-29-12-10-23)21-8-7-15-14-22-18-4-2-1-3-17(15)18/h1-6,13-14,21-22H,7-12H2. The molecule has 2 aromatic carbocycles. The number of para-hydroxylation sites is 1. The highest BCUT2D eigenvalue weighted by Crippen LogP contribution is 2.29. The van der Waals surface area contributed by atoms with Crippen molar-refractivity contribution in [3.63, 3.8) is 0 Å². The quantitative estimate of drug-likeness (QED) is 0.440. The molecule has 0 atom stereocenters. The predicted octanol–water partition coefficient (Wildman–Crippen LogP) is 2.75. The lowest BCUT2D eigenvalue weighted by Crippen LogP contribution is -2.40. The minimum atomic E-state index is -3.89. The molecule has 2 heterocycles. The van der Waals surface area contributed by atoms with Crippen LogP contribution >= 0.6 is 0 Å². The van der Waals surface area contributed by atoms with Crippen LogP contribution < -0.4 is 5.32 Å². The number of aromatic amines is 1. The number of hydrogen-bond donors (Lipinski definition) is 2. The second-order valence-corrected chi connectivity index (χ2v) is 8.90. The first-order chi connectivity index (χ1) is 14.5.